The summed E-state index contributed by atoms with van der Waals surface area (Å²) in [5.74, 6) is 0.229. The number of hydrogen-bond acceptors (Lipinski definition) is 6. The molecule has 0 aromatic heterocycles. The third-order valence-corrected chi connectivity index (χ3v) is 6.59. The fourth-order valence-corrected chi connectivity index (χ4v) is 4.25. The quantitative estimate of drug-likeness (QED) is 0.396. The molecular formula is C26H33FN4O4. The maximum atomic E-state index is 13.2. The summed E-state index contributed by atoms with van der Waals surface area (Å²) in [5.41, 5.74) is 1.54. The van der Waals surface area contributed by atoms with Crippen molar-refractivity contribution >= 4 is 11.8 Å². The number of nitrogens with zero attached hydrogens (tertiary/aromatic N) is 2. The van der Waals surface area contributed by atoms with Crippen LogP contribution in [0.3, 0.4) is 0 Å². The van der Waals surface area contributed by atoms with Gasteiger partial charge in [-0.3, -0.25) is 14.9 Å². The Morgan fingerprint density at radius 1 is 1.06 bits per heavy atom. The van der Waals surface area contributed by atoms with Crippen LogP contribution in [0.1, 0.15) is 28.3 Å². The van der Waals surface area contributed by atoms with E-state index in [1.54, 1.807) is 12.0 Å². The van der Waals surface area contributed by atoms with E-state index in [1.165, 1.54) is 29.8 Å². The standard InChI is InChI=1S/C26H33FN4O4/c1-30-11-13-31(14-12-30)26(33)24(29-25(32)19-3-7-20(27)8-4-19)16-35-17-28-23-15-22(23)18-5-9-21(34-2)10-6-18/h3-10,22-24,28H,11-17H2,1-2H3,(H,29,32)/t22-,23?,24-/m0/s1. The lowest BCUT2D eigenvalue weighted by Gasteiger charge is -2.34. The van der Waals surface area contributed by atoms with Crippen LogP contribution >= 0.6 is 0 Å². The second-order valence-electron chi connectivity index (χ2n) is 9.10. The van der Waals surface area contributed by atoms with E-state index in [1.807, 2.05) is 19.2 Å². The van der Waals surface area contributed by atoms with Crippen LogP contribution in [-0.2, 0) is 9.53 Å². The number of benzene rings is 2. The Labute approximate surface area is 205 Å². The van der Waals surface area contributed by atoms with Gasteiger partial charge in [0.2, 0.25) is 5.91 Å². The fraction of sp³-hybridized carbons (Fsp3) is 0.462. The second-order valence-corrected chi connectivity index (χ2v) is 9.10. The van der Waals surface area contributed by atoms with E-state index >= 15 is 0 Å². The number of halogens is 1. The first-order chi connectivity index (χ1) is 16.9. The Morgan fingerprint density at radius 2 is 1.74 bits per heavy atom. The zero-order chi connectivity index (χ0) is 24.8. The van der Waals surface area contributed by atoms with Gasteiger partial charge in [0.05, 0.1) is 20.4 Å². The van der Waals surface area contributed by atoms with Gasteiger partial charge in [0.1, 0.15) is 17.6 Å². The number of carbonyl (C=O) groups is 2. The van der Waals surface area contributed by atoms with Crippen LogP contribution in [0, 0.1) is 5.82 Å². The molecule has 1 saturated heterocycles. The molecule has 8 nitrogen and oxygen atoms in total. The smallest absolute Gasteiger partial charge is 0.251 e. The van der Waals surface area contributed by atoms with Crippen LogP contribution in [0.2, 0.25) is 0 Å². The van der Waals surface area contributed by atoms with E-state index in [0.717, 1.165) is 25.3 Å². The first-order valence-corrected chi connectivity index (χ1v) is 11.9. The highest BCUT2D eigenvalue weighted by Crippen LogP contribution is 2.41. The lowest BCUT2D eigenvalue weighted by atomic mass is 10.1. The number of carbonyl (C=O) groups excluding carboxylic acids is 2. The molecule has 4 rings (SSSR count). The SMILES string of the molecule is COc1ccc([C@@H]2CC2NCOC[C@H](NC(=O)c2ccc(F)cc2)C(=O)N2CCN(C)CC2)cc1. The number of ether oxygens (including phenoxy) is 2. The summed E-state index contributed by atoms with van der Waals surface area (Å²) in [5, 5.41) is 6.14. The van der Waals surface area contributed by atoms with Crippen molar-refractivity contribution in [2.45, 2.75) is 24.4 Å². The number of piperazine rings is 1. The molecule has 188 valence electrons. The van der Waals surface area contributed by atoms with Gasteiger partial charge < -0.3 is 24.6 Å². The Kier molecular flexibility index (Phi) is 8.33. The summed E-state index contributed by atoms with van der Waals surface area (Å²) in [6, 6.07) is 12.8. The minimum Gasteiger partial charge on any atom is -0.497 e. The molecule has 1 heterocycles. The van der Waals surface area contributed by atoms with Crippen LogP contribution in [0.15, 0.2) is 48.5 Å². The number of nitrogens with one attached hydrogen (secondary N) is 2. The van der Waals surface area contributed by atoms with Crippen molar-refractivity contribution in [3.05, 3.63) is 65.5 Å². The van der Waals surface area contributed by atoms with Gasteiger partial charge in [-0.25, -0.2) is 4.39 Å². The molecule has 0 spiro atoms. The average Bonchev–Trinajstić information content (AvgIpc) is 3.66. The van der Waals surface area contributed by atoms with Gasteiger partial charge in [0, 0.05) is 43.7 Å². The molecule has 35 heavy (non-hydrogen) atoms. The van der Waals surface area contributed by atoms with E-state index in [-0.39, 0.29) is 19.2 Å². The average molecular weight is 485 g/mol. The summed E-state index contributed by atoms with van der Waals surface area (Å²) in [6.07, 6.45) is 1.01. The Hall–Kier alpha value is -3.01. The maximum Gasteiger partial charge on any atom is 0.251 e. The molecular weight excluding hydrogens is 451 g/mol. The second kappa shape index (κ2) is 11.6. The summed E-state index contributed by atoms with van der Waals surface area (Å²) >= 11 is 0. The minimum atomic E-state index is -0.825. The van der Waals surface area contributed by atoms with Crippen molar-refractivity contribution in [1.82, 2.24) is 20.4 Å². The molecule has 0 bridgehead atoms. The first-order valence-electron chi connectivity index (χ1n) is 11.9. The number of methoxy groups -OCH3 is 1. The maximum absolute atomic E-state index is 13.2. The highest BCUT2D eigenvalue weighted by Gasteiger charge is 2.38. The minimum absolute atomic E-state index is 0.0467. The summed E-state index contributed by atoms with van der Waals surface area (Å²) in [6.45, 7) is 3.08. The van der Waals surface area contributed by atoms with Crippen molar-refractivity contribution < 1.29 is 23.5 Å². The van der Waals surface area contributed by atoms with Crippen molar-refractivity contribution in [1.29, 1.82) is 0 Å². The topological polar surface area (TPSA) is 83.1 Å². The van der Waals surface area contributed by atoms with Gasteiger partial charge in [-0.2, -0.15) is 0 Å². The van der Waals surface area contributed by atoms with E-state index in [2.05, 4.69) is 27.7 Å². The third kappa shape index (κ3) is 6.78. The van der Waals surface area contributed by atoms with Gasteiger partial charge in [0.25, 0.3) is 5.91 Å². The molecule has 9 heteroatoms. The molecule has 2 fully saturated rings. The van der Waals surface area contributed by atoms with Crippen LogP contribution in [0.4, 0.5) is 4.39 Å². The van der Waals surface area contributed by atoms with E-state index in [0.29, 0.717) is 30.6 Å². The highest BCUT2D eigenvalue weighted by atomic mass is 19.1. The van der Waals surface area contributed by atoms with E-state index in [4.69, 9.17) is 9.47 Å². The Morgan fingerprint density at radius 3 is 2.40 bits per heavy atom. The van der Waals surface area contributed by atoms with Gasteiger partial charge in [-0.1, -0.05) is 12.1 Å². The molecule has 2 aromatic carbocycles. The lowest BCUT2D eigenvalue weighted by molar-refractivity contribution is -0.136. The molecule has 0 radical (unpaired) electrons. The van der Waals surface area contributed by atoms with Crippen molar-refractivity contribution in [2.75, 3.05) is 53.7 Å². The van der Waals surface area contributed by atoms with Crippen molar-refractivity contribution in [3.63, 3.8) is 0 Å². The largest absolute Gasteiger partial charge is 0.497 e. The predicted molar refractivity (Wildman–Crippen MR) is 130 cm³/mol. The normalized spacial score (nSPS) is 20.8. The molecule has 1 aliphatic carbocycles. The number of hydrogen-bond donors (Lipinski definition) is 2. The van der Waals surface area contributed by atoms with Crippen molar-refractivity contribution in [2.24, 2.45) is 0 Å². The zero-order valence-corrected chi connectivity index (χ0v) is 20.2. The van der Waals surface area contributed by atoms with Crippen LogP contribution in [0.5, 0.6) is 5.75 Å². The highest BCUT2D eigenvalue weighted by molar-refractivity contribution is 5.97. The summed E-state index contributed by atoms with van der Waals surface area (Å²) in [7, 11) is 3.67. The van der Waals surface area contributed by atoms with Crippen LogP contribution < -0.4 is 15.4 Å². The van der Waals surface area contributed by atoms with Gasteiger partial charge >= 0.3 is 0 Å². The van der Waals surface area contributed by atoms with Crippen LogP contribution in [-0.4, -0.2) is 87.4 Å². The molecule has 1 aliphatic heterocycles. The van der Waals surface area contributed by atoms with E-state index in [9.17, 15) is 14.0 Å². The first kappa shape index (κ1) is 25.1. The van der Waals surface area contributed by atoms with Gasteiger partial charge in [-0.15, -0.1) is 0 Å². The van der Waals surface area contributed by atoms with Gasteiger partial charge in [-0.05, 0) is 55.4 Å². The number of likely N-dealkylation sites (N-methyl/N-ethyl adjacent to an activating group) is 1. The van der Waals surface area contributed by atoms with Crippen LogP contribution in [0.25, 0.3) is 0 Å². The Balaban J connectivity index is 1.29. The van der Waals surface area contributed by atoms with E-state index < -0.39 is 17.8 Å². The zero-order valence-electron chi connectivity index (χ0n) is 20.2. The molecule has 2 amide bonds. The Bertz CT molecular complexity index is 993. The van der Waals surface area contributed by atoms with Gasteiger partial charge in [0.15, 0.2) is 0 Å². The predicted octanol–water partition coefficient (Wildman–Crippen LogP) is 1.83. The molecule has 2 N–H and O–H groups in total. The molecule has 2 aliphatic rings. The number of amides is 2. The lowest BCUT2D eigenvalue weighted by Crippen LogP contribution is -2.55. The molecule has 3 atom stereocenters. The summed E-state index contributed by atoms with van der Waals surface area (Å²) < 4.78 is 24.2. The fourth-order valence-electron chi connectivity index (χ4n) is 4.25. The molecule has 2 aromatic rings. The summed E-state index contributed by atoms with van der Waals surface area (Å²) in [4.78, 5) is 29.8. The number of rotatable bonds is 10. The molecule has 1 unspecified atom stereocenters. The monoisotopic (exact) mass is 484 g/mol. The van der Waals surface area contributed by atoms with Crippen molar-refractivity contribution in [3.8, 4) is 5.75 Å². The molecule has 1 saturated carbocycles. The third-order valence-electron chi connectivity index (χ3n) is 6.59.